The Morgan fingerprint density at radius 3 is 1.81 bits per heavy atom. The Morgan fingerprint density at radius 2 is 1.31 bits per heavy atom. The fourth-order valence-electron chi connectivity index (χ4n) is 1.82. The summed E-state index contributed by atoms with van der Waals surface area (Å²) in [6.07, 6.45) is 14.2. The van der Waals surface area contributed by atoms with Gasteiger partial charge in [-0.25, -0.2) is 0 Å². The number of carbonyl (C=O) groups is 1. The number of aldehydes is 1. The first-order valence-electron chi connectivity index (χ1n) is 6.93. The van der Waals surface area contributed by atoms with Crippen LogP contribution in [0.5, 0.6) is 0 Å². The molecule has 0 saturated heterocycles. The third kappa shape index (κ3) is 13.6. The Bertz CT molecular complexity index is 135. The molecule has 0 aliphatic heterocycles. The summed E-state index contributed by atoms with van der Waals surface area (Å²) in [5.74, 6) is 0. The number of unbranched alkanes of at least 4 members (excludes halogenated alkanes) is 9. The van der Waals surface area contributed by atoms with Crippen molar-refractivity contribution in [3.05, 3.63) is 0 Å². The van der Waals surface area contributed by atoms with Gasteiger partial charge in [-0.15, -0.1) is 0 Å². The number of carbonyl (C=O) groups excluding carboxylic acids is 1. The lowest BCUT2D eigenvalue weighted by molar-refractivity contribution is -0.111. The fourth-order valence-corrected chi connectivity index (χ4v) is 1.82. The molecule has 0 N–H and O–H groups in total. The molecular formula is C14H28O2. The van der Waals surface area contributed by atoms with Crippen LogP contribution in [0.3, 0.4) is 0 Å². The van der Waals surface area contributed by atoms with E-state index in [0.717, 1.165) is 19.3 Å². The first kappa shape index (κ1) is 15.6. The Hall–Kier alpha value is -0.370. The third-order valence-electron chi connectivity index (χ3n) is 2.83. The van der Waals surface area contributed by atoms with Crippen molar-refractivity contribution >= 4 is 6.29 Å². The van der Waals surface area contributed by atoms with Crippen LogP contribution in [-0.4, -0.2) is 19.5 Å². The van der Waals surface area contributed by atoms with Crippen LogP contribution in [0, 0.1) is 0 Å². The minimum absolute atomic E-state index is 0.261. The van der Waals surface area contributed by atoms with E-state index in [1.165, 1.54) is 57.8 Å². The zero-order chi connectivity index (χ0) is 11.9. The molecule has 16 heavy (non-hydrogen) atoms. The van der Waals surface area contributed by atoms with Crippen molar-refractivity contribution in [1.82, 2.24) is 0 Å². The summed E-state index contributed by atoms with van der Waals surface area (Å²) >= 11 is 0. The van der Waals surface area contributed by atoms with Gasteiger partial charge in [0, 0.05) is 6.61 Å². The summed E-state index contributed by atoms with van der Waals surface area (Å²) in [6, 6.07) is 0. The van der Waals surface area contributed by atoms with Crippen molar-refractivity contribution in [3.8, 4) is 0 Å². The van der Waals surface area contributed by atoms with E-state index in [-0.39, 0.29) is 6.61 Å². The summed E-state index contributed by atoms with van der Waals surface area (Å²) in [5, 5.41) is 0. The lowest BCUT2D eigenvalue weighted by Gasteiger charge is -2.02. The molecule has 0 saturated carbocycles. The van der Waals surface area contributed by atoms with Crippen LogP contribution in [0.25, 0.3) is 0 Å². The van der Waals surface area contributed by atoms with E-state index < -0.39 is 0 Å². The van der Waals surface area contributed by atoms with Gasteiger partial charge in [-0.3, -0.25) is 0 Å². The Balaban J connectivity index is 2.85. The topological polar surface area (TPSA) is 26.3 Å². The highest BCUT2D eigenvalue weighted by Crippen LogP contribution is 2.10. The van der Waals surface area contributed by atoms with Gasteiger partial charge in [0.1, 0.15) is 12.9 Å². The van der Waals surface area contributed by atoms with Gasteiger partial charge in [0.05, 0.1) is 0 Å². The molecule has 0 aromatic carbocycles. The minimum atomic E-state index is 0.261. The lowest BCUT2D eigenvalue weighted by atomic mass is 10.1. The Kier molecular flexibility index (Phi) is 14.3. The molecule has 2 nitrogen and oxygen atoms in total. The summed E-state index contributed by atoms with van der Waals surface area (Å²) in [6.45, 7) is 3.26. The smallest absolute Gasteiger partial charge is 0.145 e. The highest BCUT2D eigenvalue weighted by molar-refractivity contribution is 5.50. The van der Waals surface area contributed by atoms with Crippen molar-refractivity contribution in [2.75, 3.05) is 13.2 Å². The maximum Gasteiger partial charge on any atom is 0.145 e. The van der Waals surface area contributed by atoms with Crippen LogP contribution >= 0.6 is 0 Å². The van der Waals surface area contributed by atoms with Crippen molar-refractivity contribution in [1.29, 1.82) is 0 Å². The monoisotopic (exact) mass is 228 g/mol. The predicted molar refractivity (Wildman–Crippen MR) is 68.7 cm³/mol. The van der Waals surface area contributed by atoms with Gasteiger partial charge < -0.3 is 9.53 Å². The second-order valence-corrected chi connectivity index (χ2v) is 4.42. The maximum atomic E-state index is 9.96. The molecular weight excluding hydrogens is 200 g/mol. The van der Waals surface area contributed by atoms with Crippen molar-refractivity contribution in [2.45, 2.75) is 71.1 Å². The Labute approximate surface area is 101 Å². The molecule has 0 aliphatic rings. The van der Waals surface area contributed by atoms with Crippen LogP contribution in [0.15, 0.2) is 0 Å². The van der Waals surface area contributed by atoms with Gasteiger partial charge in [-0.05, 0) is 6.42 Å². The molecule has 0 heterocycles. The van der Waals surface area contributed by atoms with Gasteiger partial charge in [0.15, 0.2) is 0 Å². The predicted octanol–water partition coefficient (Wildman–Crippen LogP) is 4.12. The number of hydrogen-bond acceptors (Lipinski definition) is 2. The standard InChI is InChI=1S/C14H28O2/c1-2-3-4-5-6-7-8-9-10-11-13-16-14-12-15/h12H,2-11,13-14H2,1H3. The second kappa shape index (κ2) is 14.6. The SMILES string of the molecule is CCCCCCCCCCCCOCC=O. The van der Waals surface area contributed by atoms with E-state index in [1.54, 1.807) is 0 Å². The van der Waals surface area contributed by atoms with E-state index in [0.29, 0.717) is 0 Å². The van der Waals surface area contributed by atoms with Gasteiger partial charge in [0.25, 0.3) is 0 Å². The van der Waals surface area contributed by atoms with E-state index >= 15 is 0 Å². The highest BCUT2D eigenvalue weighted by atomic mass is 16.5. The van der Waals surface area contributed by atoms with Crippen molar-refractivity contribution in [3.63, 3.8) is 0 Å². The van der Waals surface area contributed by atoms with E-state index in [2.05, 4.69) is 6.92 Å². The molecule has 0 radical (unpaired) electrons. The average molecular weight is 228 g/mol. The summed E-state index contributed by atoms with van der Waals surface area (Å²) < 4.78 is 5.09. The summed E-state index contributed by atoms with van der Waals surface area (Å²) in [5.41, 5.74) is 0. The van der Waals surface area contributed by atoms with E-state index in [9.17, 15) is 4.79 Å². The van der Waals surface area contributed by atoms with Crippen LogP contribution in [-0.2, 0) is 9.53 Å². The van der Waals surface area contributed by atoms with Crippen LogP contribution in [0.4, 0.5) is 0 Å². The Morgan fingerprint density at radius 1 is 0.812 bits per heavy atom. The molecule has 96 valence electrons. The van der Waals surface area contributed by atoms with Crippen molar-refractivity contribution in [2.24, 2.45) is 0 Å². The number of ether oxygens (including phenoxy) is 1. The van der Waals surface area contributed by atoms with E-state index in [4.69, 9.17) is 4.74 Å². The van der Waals surface area contributed by atoms with Gasteiger partial charge in [-0.2, -0.15) is 0 Å². The molecule has 0 spiro atoms. The molecule has 0 atom stereocenters. The first-order valence-corrected chi connectivity index (χ1v) is 6.93. The molecule has 0 bridgehead atoms. The third-order valence-corrected chi connectivity index (χ3v) is 2.83. The molecule has 0 amide bonds. The number of hydrogen-bond donors (Lipinski definition) is 0. The average Bonchev–Trinajstić information content (AvgIpc) is 2.31. The maximum absolute atomic E-state index is 9.96. The normalized spacial score (nSPS) is 10.6. The van der Waals surface area contributed by atoms with Crippen LogP contribution < -0.4 is 0 Å². The molecule has 0 aliphatic carbocycles. The van der Waals surface area contributed by atoms with Crippen LogP contribution in [0.1, 0.15) is 71.1 Å². The van der Waals surface area contributed by atoms with Gasteiger partial charge in [-0.1, -0.05) is 64.7 Å². The van der Waals surface area contributed by atoms with Gasteiger partial charge in [0.2, 0.25) is 0 Å². The number of rotatable bonds is 13. The molecule has 0 rings (SSSR count). The molecule has 0 aromatic heterocycles. The lowest BCUT2D eigenvalue weighted by Crippen LogP contribution is -1.97. The molecule has 0 aromatic rings. The second-order valence-electron chi connectivity index (χ2n) is 4.42. The van der Waals surface area contributed by atoms with Crippen molar-refractivity contribution < 1.29 is 9.53 Å². The summed E-state index contributed by atoms with van der Waals surface area (Å²) in [7, 11) is 0. The molecule has 0 fully saturated rings. The quantitative estimate of drug-likeness (QED) is 0.350. The zero-order valence-corrected chi connectivity index (χ0v) is 10.9. The van der Waals surface area contributed by atoms with E-state index in [1.807, 2.05) is 0 Å². The largest absolute Gasteiger partial charge is 0.374 e. The first-order chi connectivity index (χ1) is 7.91. The highest BCUT2D eigenvalue weighted by Gasteiger charge is 1.92. The van der Waals surface area contributed by atoms with Crippen LogP contribution in [0.2, 0.25) is 0 Å². The fraction of sp³-hybridized carbons (Fsp3) is 0.929. The molecule has 0 unspecified atom stereocenters. The zero-order valence-electron chi connectivity index (χ0n) is 10.9. The summed E-state index contributed by atoms with van der Waals surface area (Å²) in [4.78, 5) is 9.96. The molecule has 2 heteroatoms. The minimum Gasteiger partial charge on any atom is -0.374 e. The van der Waals surface area contributed by atoms with Gasteiger partial charge >= 0.3 is 0 Å².